The number of fused-ring (bicyclic) bond motifs is 1. The summed E-state index contributed by atoms with van der Waals surface area (Å²) in [5, 5.41) is 20.8. The fourth-order valence-electron chi connectivity index (χ4n) is 2.63. The maximum Gasteiger partial charge on any atom is 0.276 e. The van der Waals surface area contributed by atoms with Crippen molar-refractivity contribution >= 4 is 11.6 Å². The minimum absolute atomic E-state index is 0.226. The molecule has 1 aromatic carbocycles. The highest BCUT2D eigenvalue weighted by Crippen LogP contribution is 2.43. The monoisotopic (exact) mass is 313 g/mol. The highest BCUT2D eigenvalue weighted by Gasteiger charge is 2.34. The first kappa shape index (κ1) is 15.4. The Morgan fingerprint density at radius 1 is 1.30 bits per heavy atom. The molecule has 0 saturated carbocycles. The fourth-order valence-corrected chi connectivity index (χ4v) is 2.63. The molecule has 0 saturated heterocycles. The van der Waals surface area contributed by atoms with Gasteiger partial charge in [0.25, 0.3) is 5.91 Å². The highest BCUT2D eigenvalue weighted by molar-refractivity contribution is 6.03. The Morgan fingerprint density at radius 2 is 2.09 bits per heavy atom. The van der Waals surface area contributed by atoms with Gasteiger partial charge in [0.05, 0.1) is 17.5 Å². The molecule has 6 nitrogen and oxygen atoms in total. The first-order valence-corrected chi connectivity index (χ1v) is 7.47. The summed E-state index contributed by atoms with van der Waals surface area (Å²) in [5.41, 5.74) is 1.66. The van der Waals surface area contributed by atoms with E-state index < -0.39 is 11.7 Å². The van der Waals surface area contributed by atoms with Crippen LogP contribution in [0, 0.1) is 6.92 Å². The second-order valence-corrected chi connectivity index (χ2v) is 6.32. The smallest absolute Gasteiger partial charge is 0.276 e. The maximum atomic E-state index is 12.3. The van der Waals surface area contributed by atoms with E-state index in [9.17, 15) is 9.90 Å². The molecular weight excluding hydrogens is 294 g/mol. The number of ether oxygens (including phenoxy) is 1. The van der Waals surface area contributed by atoms with Crippen molar-refractivity contribution in [1.82, 2.24) is 10.2 Å². The molecule has 3 rings (SSSR count). The van der Waals surface area contributed by atoms with E-state index in [1.165, 1.54) is 0 Å². The molecule has 0 radical (unpaired) electrons. The number of aliphatic hydroxyl groups excluding tert-OH is 1. The zero-order valence-corrected chi connectivity index (χ0v) is 13.3. The van der Waals surface area contributed by atoms with E-state index in [4.69, 9.17) is 4.74 Å². The molecule has 23 heavy (non-hydrogen) atoms. The second-order valence-electron chi connectivity index (χ2n) is 6.32. The van der Waals surface area contributed by atoms with Gasteiger partial charge in [0.15, 0.2) is 5.69 Å². The number of nitrogens with zero attached hydrogens (tertiary/aromatic N) is 2. The molecule has 1 atom stereocenters. The molecule has 2 aromatic rings. The van der Waals surface area contributed by atoms with Crippen LogP contribution in [0.5, 0.6) is 5.75 Å². The van der Waals surface area contributed by atoms with Crippen LogP contribution in [0.4, 0.5) is 5.69 Å². The highest BCUT2D eigenvalue weighted by atomic mass is 16.5. The summed E-state index contributed by atoms with van der Waals surface area (Å²) < 4.78 is 5.97. The SMILES string of the molecule is Cc1ccc(C(=O)Nc2cccc3c2OC(C)(C)CC3O)nn1. The van der Waals surface area contributed by atoms with Crippen molar-refractivity contribution in [3.63, 3.8) is 0 Å². The van der Waals surface area contributed by atoms with Crippen LogP contribution in [0.15, 0.2) is 30.3 Å². The van der Waals surface area contributed by atoms with E-state index in [-0.39, 0.29) is 11.6 Å². The Labute approximate surface area is 134 Å². The van der Waals surface area contributed by atoms with Crippen molar-refractivity contribution in [2.45, 2.75) is 38.9 Å². The summed E-state index contributed by atoms with van der Waals surface area (Å²) in [7, 11) is 0. The summed E-state index contributed by atoms with van der Waals surface area (Å²) in [6.45, 7) is 5.62. The zero-order valence-electron chi connectivity index (χ0n) is 13.3. The van der Waals surface area contributed by atoms with Crippen molar-refractivity contribution in [1.29, 1.82) is 0 Å². The van der Waals surface area contributed by atoms with Gasteiger partial charge in [-0.05, 0) is 39.0 Å². The van der Waals surface area contributed by atoms with Crippen LogP contribution in [0.25, 0.3) is 0 Å². The predicted octanol–water partition coefficient (Wildman–Crippen LogP) is 2.63. The van der Waals surface area contributed by atoms with Crippen molar-refractivity contribution in [2.75, 3.05) is 5.32 Å². The van der Waals surface area contributed by atoms with E-state index in [1.54, 1.807) is 37.3 Å². The van der Waals surface area contributed by atoms with Gasteiger partial charge in [-0.15, -0.1) is 5.10 Å². The van der Waals surface area contributed by atoms with Gasteiger partial charge in [0, 0.05) is 12.0 Å². The van der Waals surface area contributed by atoms with Gasteiger partial charge in [0.2, 0.25) is 0 Å². The molecule has 1 unspecified atom stereocenters. The van der Waals surface area contributed by atoms with Crippen LogP contribution < -0.4 is 10.1 Å². The van der Waals surface area contributed by atoms with Crippen LogP contribution in [0.2, 0.25) is 0 Å². The predicted molar refractivity (Wildman–Crippen MR) is 85.4 cm³/mol. The number of nitrogens with one attached hydrogen (secondary N) is 1. The number of hydrogen-bond donors (Lipinski definition) is 2. The third kappa shape index (κ3) is 3.17. The summed E-state index contributed by atoms with van der Waals surface area (Å²) in [4.78, 5) is 12.3. The summed E-state index contributed by atoms with van der Waals surface area (Å²) in [6.07, 6.45) is -0.120. The maximum absolute atomic E-state index is 12.3. The van der Waals surface area contributed by atoms with E-state index in [2.05, 4.69) is 15.5 Å². The lowest BCUT2D eigenvalue weighted by molar-refractivity contribution is 0.0121. The fraction of sp³-hybridized carbons (Fsp3) is 0.353. The number of aliphatic hydroxyl groups is 1. The van der Waals surface area contributed by atoms with Crippen molar-refractivity contribution in [3.8, 4) is 5.75 Å². The summed E-state index contributed by atoms with van der Waals surface area (Å²) in [5.74, 6) is 0.136. The third-order valence-electron chi connectivity index (χ3n) is 3.75. The van der Waals surface area contributed by atoms with Gasteiger partial charge in [0.1, 0.15) is 11.4 Å². The van der Waals surface area contributed by atoms with Gasteiger partial charge >= 0.3 is 0 Å². The molecule has 1 aliphatic heterocycles. The minimum atomic E-state index is -0.621. The van der Waals surface area contributed by atoms with Crippen LogP contribution in [-0.2, 0) is 0 Å². The number of aryl methyl sites for hydroxylation is 1. The molecule has 1 amide bonds. The average Bonchev–Trinajstić information content (AvgIpc) is 2.48. The Balaban J connectivity index is 1.91. The van der Waals surface area contributed by atoms with E-state index in [1.807, 2.05) is 13.8 Å². The first-order valence-electron chi connectivity index (χ1n) is 7.47. The molecule has 120 valence electrons. The van der Waals surface area contributed by atoms with E-state index >= 15 is 0 Å². The number of amides is 1. The quantitative estimate of drug-likeness (QED) is 0.890. The van der Waals surface area contributed by atoms with Crippen molar-refractivity contribution in [2.24, 2.45) is 0 Å². The number of anilines is 1. The van der Waals surface area contributed by atoms with Gasteiger partial charge < -0.3 is 15.2 Å². The summed E-state index contributed by atoms with van der Waals surface area (Å²) in [6, 6.07) is 8.67. The molecule has 1 aliphatic rings. The molecule has 6 heteroatoms. The van der Waals surface area contributed by atoms with Gasteiger partial charge in [-0.25, -0.2) is 0 Å². The van der Waals surface area contributed by atoms with Crippen LogP contribution in [0.1, 0.15) is 48.1 Å². The molecule has 0 spiro atoms. The molecular formula is C17H19N3O3. The first-order chi connectivity index (χ1) is 10.9. The van der Waals surface area contributed by atoms with Gasteiger partial charge in [-0.3, -0.25) is 4.79 Å². The largest absolute Gasteiger partial charge is 0.485 e. The Bertz CT molecular complexity index is 741. The lowest BCUT2D eigenvalue weighted by Gasteiger charge is -2.36. The number of rotatable bonds is 2. The van der Waals surface area contributed by atoms with Crippen LogP contribution in [-0.4, -0.2) is 26.8 Å². The Kier molecular flexibility index (Phi) is 3.77. The topological polar surface area (TPSA) is 84.3 Å². The Hall–Kier alpha value is -2.47. The van der Waals surface area contributed by atoms with Crippen molar-refractivity contribution < 1.29 is 14.6 Å². The molecule has 1 aromatic heterocycles. The third-order valence-corrected chi connectivity index (χ3v) is 3.75. The Morgan fingerprint density at radius 3 is 2.78 bits per heavy atom. The normalized spacial score (nSPS) is 18.7. The number of aromatic nitrogens is 2. The zero-order chi connectivity index (χ0) is 16.6. The van der Waals surface area contributed by atoms with Gasteiger partial charge in [-0.1, -0.05) is 12.1 Å². The molecule has 0 aliphatic carbocycles. The van der Waals surface area contributed by atoms with Crippen LogP contribution in [0.3, 0.4) is 0 Å². The molecule has 0 bridgehead atoms. The van der Waals surface area contributed by atoms with E-state index in [0.717, 1.165) is 5.69 Å². The number of benzene rings is 1. The lowest BCUT2D eigenvalue weighted by Crippen LogP contribution is -2.35. The average molecular weight is 313 g/mol. The number of para-hydroxylation sites is 1. The number of hydrogen-bond acceptors (Lipinski definition) is 5. The van der Waals surface area contributed by atoms with E-state index in [0.29, 0.717) is 23.4 Å². The number of carbonyl (C=O) groups is 1. The summed E-state index contributed by atoms with van der Waals surface area (Å²) >= 11 is 0. The second kappa shape index (κ2) is 5.62. The molecule has 2 N–H and O–H groups in total. The number of carbonyl (C=O) groups excluding carboxylic acids is 1. The van der Waals surface area contributed by atoms with Gasteiger partial charge in [-0.2, -0.15) is 5.10 Å². The standard InChI is InChI=1S/C17H19N3O3/c1-10-7-8-13(20-19-10)16(22)18-12-6-4-5-11-14(21)9-17(2,3)23-15(11)12/h4-8,14,21H,9H2,1-3H3,(H,18,22). The van der Waals surface area contributed by atoms with Crippen LogP contribution >= 0.6 is 0 Å². The van der Waals surface area contributed by atoms with Crippen molar-refractivity contribution in [3.05, 3.63) is 47.3 Å². The minimum Gasteiger partial charge on any atom is -0.485 e. The molecule has 0 fully saturated rings. The molecule has 2 heterocycles. The lowest BCUT2D eigenvalue weighted by atomic mass is 9.91.